The highest BCUT2D eigenvalue weighted by Crippen LogP contribution is 2.23. The average molecular weight is 507 g/mol. The van der Waals surface area contributed by atoms with Crippen molar-refractivity contribution >= 4 is 23.6 Å². The Bertz CT molecular complexity index is 1240. The Morgan fingerprint density at radius 2 is 1.97 bits per heavy atom. The second-order valence-corrected chi connectivity index (χ2v) is 9.37. The van der Waals surface area contributed by atoms with Gasteiger partial charge < -0.3 is 19.2 Å². The SMILES string of the molecule is Cc1oc(-c2ccccc2)nc1COc1ccc(CN(CC(=O)O)CC(=O)N2CSC[C@H]2C#N)cc1. The van der Waals surface area contributed by atoms with Gasteiger partial charge in [0, 0.05) is 17.9 Å². The third kappa shape index (κ3) is 6.44. The lowest BCUT2D eigenvalue weighted by molar-refractivity contribution is -0.139. The fourth-order valence-corrected chi connectivity index (χ4v) is 4.91. The number of benzene rings is 2. The molecule has 36 heavy (non-hydrogen) atoms. The number of nitrogens with zero attached hydrogens (tertiary/aromatic N) is 4. The zero-order chi connectivity index (χ0) is 25.5. The van der Waals surface area contributed by atoms with Crippen LogP contribution in [0.4, 0.5) is 0 Å². The lowest BCUT2D eigenvalue weighted by atomic mass is 10.2. The van der Waals surface area contributed by atoms with E-state index in [0.717, 1.165) is 11.1 Å². The van der Waals surface area contributed by atoms with Gasteiger partial charge in [-0.3, -0.25) is 14.5 Å². The number of oxazole rings is 1. The van der Waals surface area contributed by atoms with E-state index >= 15 is 0 Å². The van der Waals surface area contributed by atoms with Crippen LogP contribution in [0, 0.1) is 18.3 Å². The first kappa shape index (κ1) is 25.3. The molecule has 2 heterocycles. The smallest absolute Gasteiger partial charge is 0.317 e. The zero-order valence-corrected chi connectivity index (χ0v) is 20.6. The molecule has 1 amide bonds. The number of ether oxygens (including phenoxy) is 1. The largest absolute Gasteiger partial charge is 0.487 e. The number of aromatic nitrogens is 1. The maximum absolute atomic E-state index is 12.7. The van der Waals surface area contributed by atoms with E-state index in [1.54, 1.807) is 17.0 Å². The van der Waals surface area contributed by atoms with Gasteiger partial charge in [-0.15, -0.1) is 11.8 Å². The van der Waals surface area contributed by atoms with Gasteiger partial charge in [0.15, 0.2) is 0 Å². The highest BCUT2D eigenvalue weighted by molar-refractivity contribution is 7.99. The highest BCUT2D eigenvalue weighted by atomic mass is 32.2. The summed E-state index contributed by atoms with van der Waals surface area (Å²) in [5.41, 5.74) is 2.44. The number of aryl methyl sites for hydroxylation is 1. The minimum Gasteiger partial charge on any atom is -0.487 e. The number of carbonyl (C=O) groups excluding carboxylic acids is 1. The zero-order valence-electron chi connectivity index (χ0n) is 19.8. The summed E-state index contributed by atoms with van der Waals surface area (Å²) in [4.78, 5) is 31.6. The molecule has 9 nitrogen and oxygen atoms in total. The van der Waals surface area contributed by atoms with Gasteiger partial charge in [-0.2, -0.15) is 5.26 Å². The molecule has 1 saturated heterocycles. The minimum absolute atomic E-state index is 0.0710. The maximum Gasteiger partial charge on any atom is 0.317 e. The van der Waals surface area contributed by atoms with E-state index in [4.69, 9.17) is 9.15 Å². The lowest BCUT2D eigenvalue weighted by Crippen LogP contribution is -2.43. The van der Waals surface area contributed by atoms with Crippen molar-refractivity contribution < 1.29 is 23.8 Å². The Morgan fingerprint density at radius 3 is 2.67 bits per heavy atom. The molecule has 0 radical (unpaired) electrons. The summed E-state index contributed by atoms with van der Waals surface area (Å²) in [5, 5.41) is 18.5. The molecule has 1 N–H and O–H groups in total. The second-order valence-electron chi connectivity index (χ2n) is 8.37. The van der Waals surface area contributed by atoms with Crippen molar-refractivity contribution in [1.82, 2.24) is 14.8 Å². The Morgan fingerprint density at radius 1 is 1.22 bits per heavy atom. The van der Waals surface area contributed by atoms with Gasteiger partial charge in [0.25, 0.3) is 0 Å². The standard InChI is InChI=1S/C26H26N4O5S/c1-18-23(28-26(35-18)20-5-3-2-4-6-20)15-34-22-9-7-19(8-10-22)12-29(14-25(32)33)13-24(31)30-17-36-16-21(30)11-27/h2-10,21H,12-17H2,1H3,(H,32,33)/t21-/m1/s1. The molecule has 1 aliphatic heterocycles. The molecule has 0 saturated carbocycles. The Labute approximate surface area is 213 Å². The maximum atomic E-state index is 12.7. The molecule has 1 aromatic heterocycles. The van der Waals surface area contributed by atoms with Gasteiger partial charge >= 0.3 is 5.97 Å². The number of carbonyl (C=O) groups is 2. The molecular weight excluding hydrogens is 480 g/mol. The first-order chi connectivity index (χ1) is 17.4. The molecular formula is C26H26N4O5S. The topological polar surface area (TPSA) is 120 Å². The predicted molar refractivity (Wildman–Crippen MR) is 134 cm³/mol. The van der Waals surface area contributed by atoms with Gasteiger partial charge in [0.1, 0.15) is 29.9 Å². The van der Waals surface area contributed by atoms with Crippen molar-refractivity contribution in [2.45, 2.75) is 26.1 Å². The number of aliphatic carboxylic acids is 1. The summed E-state index contributed by atoms with van der Waals surface area (Å²) in [6, 6.07) is 18.6. The number of carboxylic acid groups (broad SMARTS) is 1. The Balaban J connectivity index is 1.35. The average Bonchev–Trinajstić information content (AvgIpc) is 3.50. The molecule has 1 aliphatic rings. The minimum atomic E-state index is -1.02. The summed E-state index contributed by atoms with van der Waals surface area (Å²) < 4.78 is 11.7. The fourth-order valence-electron chi connectivity index (χ4n) is 3.80. The van der Waals surface area contributed by atoms with Crippen molar-refractivity contribution in [2.75, 3.05) is 24.7 Å². The summed E-state index contributed by atoms with van der Waals surface area (Å²) in [5.74, 6) is 1.62. The van der Waals surface area contributed by atoms with Crippen LogP contribution >= 0.6 is 11.8 Å². The van der Waals surface area contributed by atoms with Crippen LogP contribution in [0.25, 0.3) is 11.5 Å². The fraction of sp³-hybridized carbons (Fsp3) is 0.308. The van der Waals surface area contributed by atoms with Crippen molar-refractivity contribution in [3.63, 3.8) is 0 Å². The molecule has 4 rings (SSSR count). The van der Waals surface area contributed by atoms with Crippen molar-refractivity contribution in [3.05, 3.63) is 71.6 Å². The van der Waals surface area contributed by atoms with Crippen LogP contribution in [-0.4, -0.2) is 62.5 Å². The lowest BCUT2D eigenvalue weighted by Gasteiger charge is -2.24. The number of amides is 1. The molecule has 186 valence electrons. The quantitative estimate of drug-likeness (QED) is 0.440. The second kappa shape index (κ2) is 11.7. The van der Waals surface area contributed by atoms with E-state index in [1.807, 2.05) is 49.4 Å². The van der Waals surface area contributed by atoms with Crippen LogP contribution in [-0.2, 0) is 22.7 Å². The first-order valence-corrected chi connectivity index (χ1v) is 12.5. The molecule has 1 atom stereocenters. The number of thioether (sulfide) groups is 1. The molecule has 2 aromatic carbocycles. The van der Waals surface area contributed by atoms with Crippen LogP contribution in [0.1, 0.15) is 17.0 Å². The van der Waals surface area contributed by atoms with E-state index in [0.29, 0.717) is 34.7 Å². The van der Waals surface area contributed by atoms with E-state index in [9.17, 15) is 20.0 Å². The Kier molecular flexibility index (Phi) is 8.25. The number of hydrogen-bond acceptors (Lipinski definition) is 8. The van der Waals surface area contributed by atoms with Gasteiger partial charge in [-0.05, 0) is 36.8 Å². The Hall–Kier alpha value is -3.81. The van der Waals surface area contributed by atoms with Crippen molar-refractivity contribution in [1.29, 1.82) is 5.26 Å². The molecule has 0 aliphatic carbocycles. The molecule has 10 heteroatoms. The van der Waals surface area contributed by atoms with E-state index in [-0.39, 0.29) is 32.1 Å². The van der Waals surface area contributed by atoms with Crippen LogP contribution in [0.2, 0.25) is 0 Å². The normalized spacial score (nSPS) is 15.1. The van der Waals surface area contributed by atoms with Crippen LogP contribution < -0.4 is 4.74 Å². The number of hydrogen-bond donors (Lipinski definition) is 1. The third-order valence-electron chi connectivity index (χ3n) is 5.69. The molecule has 0 spiro atoms. The monoisotopic (exact) mass is 506 g/mol. The van der Waals surface area contributed by atoms with E-state index in [1.165, 1.54) is 16.7 Å². The van der Waals surface area contributed by atoms with Gasteiger partial charge in [-0.25, -0.2) is 4.98 Å². The van der Waals surface area contributed by atoms with Gasteiger partial charge in [0.05, 0.1) is 25.0 Å². The molecule has 0 unspecified atom stereocenters. The van der Waals surface area contributed by atoms with Crippen LogP contribution in [0.3, 0.4) is 0 Å². The summed E-state index contributed by atoms with van der Waals surface area (Å²) in [7, 11) is 0. The molecule has 0 bridgehead atoms. The highest BCUT2D eigenvalue weighted by Gasteiger charge is 2.30. The predicted octanol–water partition coefficient (Wildman–Crippen LogP) is 3.54. The van der Waals surface area contributed by atoms with E-state index in [2.05, 4.69) is 11.1 Å². The van der Waals surface area contributed by atoms with Crippen molar-refractivity contribution in [3.8, 4) is 23.3 Å². The van der Waals surface area contributed by atoms with Crippen LogP contribution in [0.5, 0.6) is 5.75 Å². The van der Waals surface area contributed by atoms with Gasteiger partial charge in [0.2, 0.25) is 11.8 Å². The number of rotatable bonds is 10. The van der Waals surface area contributed by atoms with E-state index < -0.39 is 12.0 Å². The summed E-state index contributed by atoms with van der Waals surface area (Å²) >= 11 is 1.52. The molecule has 3 aromatic rings. The number of nitriles is 1. The molecule has 1 fully saturated rings. The first-order valence-electron chi connectivity index (χ1n) is 11.4. The summed E-state index contributed by atoms with van der Waals surface area (Å²) in [6.07, 6.45) is 0. The van der Waals surface area contributed by atoms with Crippen LogP contribution in [0.15, 0.2) is 59.0 Å². The third-order valence-corrected chi connectivity index (χ3v) is 6.70. The number of carboxylic acids is 1. The summed E-state index contributed by atoms with van der Waals surface area (Å²) in [6.45, 7) is 2.02. The van der Waals surface area contributed by atoms with Gasteiger partial charge in [-0.1, -0.05) is 30.3 Å². The van der Waals surface area contributed by atoms with Crippen molar-refractivity contribution in [2.24, 2.45) is 0 Å².